The van der Waals surface area contributed by atoms with E-state index in [1.165, 1.54) is 7.40 Å². The molecule has 0 spiro atoms. The maximum atomic E-state index is 7.14. The highest BCUT2D eigenvalue weighted by Gasteiger charge is 1.80. The van der Waals surface area contributed by atoms with E-state index in [0.717, 1.165) is 11.3 Å². The first-order chi connectivity index (χ1) is 5.33. The highest BCUT2D eigenvalue weighted by molar-refractivity contribution is 7.79. The molecule has 0 N–H and O–H groups in total. The van der Waals surface area contributed by atoms with Gasteiger partial charge < -0.3 is 0 Å². The minimum absolute atomic E-state index is 0.556. The molecule has 0 aliphatic carbocycles. The smallest absolute Gasteiger partial charge is 0.0623 e. The van der Waals surface area contributed by atoms with E-state index in [2.05, 4.69) is 12.6 Å². The summed E-state index contributed by atoms with van der Waals surface area (Å²) in [5, 5.41) is 0. The zero-order valence-corrected chi connectivity index (χ0v) is 6.36. The van der Waals surface area contributed by atoms with E-state index < -0.39 is 0 Å². The molecule has 0 radical (unpaired) electrons. The lowest BCUT2D eigenvalue weighted by Gasteiger charge is -1.89. The Kier molecular flexibility index (Phi) is 2.65. The van der Waals surface area contributed by atoms with Crippen molar-refractivity contribution >= 4 is 12.6 Å². The first-order valence-electron chi connectivity index (χ1n) is 3.99. The summed E-state index contributed by atoms with van der Waals surface area (Å²) in [6, 6.07) is 7.92. The van der Waals surface area contributed by atoms with Crippen molar-refractivity contribution in [1.82, 2.24) is 0 Å². The van der Waals surface area contributed by atoms with Crippen molar-refractivity contribution < 1.29 is 2.74 Å². The molecule has 1 heteroatoms. The highest BCUT2D eigenvalue weighted by Crippen LogP contribution is 2.00. The van der Waals surface area contributed by atoms with Gasteiger partial charge in [0, 0.05) is 7.12 Å². The molecule has 50 valence electrons. The van der Waals surface area contributed by atoms with E-state index in [0.29, 0.717) is 6.04 Å². The van der Waals surface area contributed by atoms with E-state index in [9.17, 15) is 0 Å². The minimum Gasteiger partial charge on any atom is -0.175 e. The summed E-state index contributed by atoms with van der Waals surface area (Å²) < 4.78 is 12.9. The van der Waals surface area contributed by atoms with Crippen molar-refractivity contribution in [3.8, 4) is 0 Å². The van der Waals surface area contributed by atoms with Gasteiger partial charge in [0.1, 0.15) is 0 Å². The number of thiol groups is 1. The zero-order chi connectivity index (χ0) is 8.69. The van der Waals surface area contributed by atoms with Gasteiger partial charge in [0.2, 0.25) is 0 Å². The molecule has 0 saturated heterocycles. The Balaban J connectivity index is 0.000000461. The second kappa shape index (κ2) is 4.45. The second-order valence-corrected chi connectivity index (χ2v) is 1.88. The van der Waals surface area contributed by atoms with E-state index in [1.807, 2.05) is 12.1 Å². The Bertz CT molecular complexity index is 184. The maximum absolute atomic E-state index is 7.14. The van der Waals surface area contributed by atoms with Crippen molar-refractivity contribution in [2.45, 2.75) is 13.2 Å². The highest BCUT2D eigenvalue weighted by atomic mass is 32.1. The zero-order valence-electron chi connectivity index (χ0n) is 7.46. The van der Waals surface area contributed by atoms with Crippen LogP contribution in [0.2, 0.25) is 0 Å². The van der Waals surface area contributed by atoms with Crippen LogP contribution in [0.3, 0.4) is 0 Å². The first kappa shape index (κ1) is 5.36. The summed E-state index contributed by atoms with van der Waals surface area (Å²) in [5.74, 6) is 0.750. The summed E-state index contributed by atoms with van der Waals surface area (Å²) in [7, 11) is 1.25. The number of hydrogen-bond acceptors (Lipinski definition) is 1. The average Bonchev–Trinajstić information content (AvgIpc) is 2.10. The van der Waals surface area contributed by atoms with Crippen molar-refractivity contribution in [3.05, 3.63) is 35.9 Å². The largest absolute Gasteiger partial charge is 0.175 e. The van der Waals surface area contributed by atoms with Gasteiger partial charge >= 0.3 is 0 Å². The third-order valence-corrected chi connectivity index (χ3v) is 1.33. The molecule has 0 bridgehead atoms. The van der Waals surface area contributed by atoms with Gasteiger partial charge in [-0.05, 0) is 5.56 Å². The summed E-state index contributed by atoms with van der Waals surface area (Å²) in [6.07, 6.45) is 0. The Labute approximate surface area is 65.1 Å². The van der Waals surface area contributed by atoms with Crippen LogP contribution in [-0.4, -0.2) is 0 Å². The van der Waals surface area contributed by atoms with Gasteiger partial charge in [-0.3, -0.25) is 0 Å². The summed E-state index contributed by atoms with van der Waals surface area (Å²) in [6.45, 7) is 0. The summed E-state index contributed by atoms with van der Waals surface area (Å²) in [4.78, 5) is 0. The predicted molar refractivity (Wildman–Crippen MR) is 45.9 cm³/mol. The van der Waals surface area contributed by atoms with E-state index in [4.69, 9.17) is 2.74 Å². The van der Waals surface area contributed by atoms with Gasteiger partial charge in [0.15, 0.2) is 0 Å². The molecule has 0 aliphatic heterocycles. The number of benzene rings is 1. The Hall–Kier alpha value is -0.430. The predicted octanol–water partition coefficient (Wildman–Crippen LogP) is 2.75. The first-order valence-corrected chi connectivity index (χ1v) is 3.12. The lowest BCUT2D eigenvalue weighted by atomic mass is 10.2. The molecule has 0 aromatic heterocycles. The summed E-state index contributed by atoms with van der Waals surface area (Å²) in [5.41, 5.74) is 1.16. The third kappa shape index (κ3) is 2.56. The SMILES string of the molecule is [2H]c1ccc(CS)cc1.[3H]C. The Morgan fingerprint density at radius 3 is 2.67 bits per heavy atom. The Morgan fingerprint density at radius 1 is 1.67 bits per heavy atom. The van der Waals surface area contributed by atoms with Gasteiger partial charge in [0.25, 0.3) is 0 Å². The van der Waals surface area contributed by atoms with Crippen molar-refractivity contribution in [3.63, 3.8) is 0 Å². The molecule has 0 amide bonds. The molecule has 1 aromatic carbocycles. The van der Waals surface area contributed by atoms with E-state index in [1.54, 1.807) is 12.1 Å². The summed E-state index contributed by atoms with van der Waals surface area (Å²) >= 11 is 4.08. The van der Waals surface area contributed by atoms with Crippen LogP contribution in [0.25, 0.3) is 0 Å². The second-order valence-electron chi connectivity index (χ2n) is 1.57. The fraction of sp³-hybridized carbons (Fsp3) is 0.250. The average molecular weight is 143 g/mol. The molecule has 0 atom stereocenters. The third-order valence-electron chi connectivity index (χ3n) is 0.970. The molecular weight excluding hydrogens is 128 g/mol. The van der Waals surface area contributed by atoms with Crippen molar-refractivity contribution in [2.24, 2.45) is 0 Å². The van der Waals surface area contributed by atoms with Crippen LogP contribution in [0.5, 0.6) is 0 Å². The van der Waals surface area contributed by atoms with Crippen LogP contribution in [0, 0.1) is 0 Å². The van der Waals surface area contributed by atoms with Crippen LogP contribution >= 0.6 is 12.6 Å². The van der Waals surface area contributed by atoms with Crippen LogP contribution in [0.4, 0.5) is 0 Å². The lowest BCUT2D eigenvalue weighted by Crippen LogP contribution is -1.71. The molecule has 9 heavy (non-hydrogen) atoms. The van der Waals surface area contributed by atoms with Crippen LogP contribution < -0.4 is 0 Å². The molecular formula is C8H12S. The molecule has 1 rings (SSSR count). The van der Waals surface area contributed by atoms with Crippen molar-refractivity contribution in [1.29, 1.82) is 0 Å². The van der Waals surface area contributed by atoms with E-state index in [-0.39, 0.29) is 0 Å². The number of hydrogen-bond donors (Lipinski definition) is 1. The van der Waals surface area contributed by atoms with Crippen LogP contribution in [0.15, 0.2) is 30.3 Å². The number of rotatable bonds is 1. The molecule has 0 fully saturated rings. The maximum Gasteiger partial charge on any atom is 0.0623 e. The fourth-order valence-corrected chi connectivity index (χ4v) is 0.738. The molecule has 1 aromatic rings. The van der Waals surface area contributed by atoms with Gasteiger partial charge in [-0.2, -0.15) is 12.6 Å². The molecule has 0 saturated carbocycles. The van der Waals surface area contributed by atoms with Crippen LogP contribution in [-0.2, 0) is 5.75 Å². The van der Waals surface area contributed by atoms with Gasteiger partial charge in [-0.1, -0.05) is 37.7 Å². The topological polar surface area (TPSA) is 0 Å². The van der Waals surface area contributed by atoms with Gasteiger partial charge in [-0.25, -0.2) is 0 Å². The quantitative estimate of drug-likeness (QED) is 0.574. The van der Waals surface area contributed by atoms with Gasteiger partial charge in [0.05, 0.1) is 1.37 Å². The fourth-order valence-electron chi connectivity index (χ4n) is 0.527. The van der Waals surface area contributed by atoms with E-state index >= 15 is 0 Å². The Morgan fingerprint density at radius 2 is 2.22 bits per heavy atom. The van der Waals surface area contributed by atoms with Crippen LogP contribution in [0.1, 0.15) is 15.7 Å². The molecule has 0 aliphatic rings. The lowest BCUT2D eigenvalue weighted by molar-refractivity contribution is 1.43. The standard InChI is InChI=1S/C7H8S.CH4/c8-6-7-4-2-1-3-5-7;/h1-5,8H,6H2;1H4/i1D;1T. The van der Waals surface area contributed by atoms with Gasteiger partial charge in [-0.15, -0.1) is 0 Å². The molecule has 0 nitrogen and oxygen atoms in total. The molecule has 0 heterocycles. The minimum atomic E-state index is 0.556. The normalized spacial score (nSPS) is 10.4. The monoisotopic (exact) mass is 143 g/mol. The molecule has 0 unspecified atom stereocenters. The van der Waals surface area contributed by atoms with Crippen molar-refractivity contribution in [2.75, 3.05) is 0 Å².